The van der Waals surface area contributed by atoms with Gasteiger partial charge in [0.25, 0.3) is 0 Å². The lowest BCUT2D eigenvalue weighted by Gasteiger charge is -2.07. The van der Waals surface area contributed by atoms with Crippen LogP contribution in [0.15, 0.2) is 6.20 Å². The summed E-state index contributed by atoms with van der Waals surface area (Å²) in [6.07, 6.45) is -0.453. The molecule has 0 atom stereocenters. The van der Waals surface area contributed by atoms with E-state index < -0.39 is 12.7 Å². The quantitative estimate of drug-likeness (QED) is 0.821. The van der Waals surface area contributed by atoms with Crippen LogP contribution in [-0.4, -0.2) is 41.4 Å². The average Bonchev–Trinajstić information content (AvgIpc) is 2.92. The van der Waals surface area contributed by atoms with Crippen LogP contribution in [-0.2, 0) is 13.1 Å². The van der Waals surface area contributed by atoms with Crippen molar-refractivity contribution < 1.29 is 13.2 Å². The molecule has 0 unspecified atom stereocenters. The molecule has 0 aromatic carbocycles. The van der Waals surface area contributed by atoms with Crippen molar-refractivity contribution in [3.05, 3.63) is 17.7 Å². The van der Waals surface area contributed by atoms with Gasteiger partial charge in [-0.25, -0.2) is 9.36 Å². The van der Waals surface area contributed by atoms with Crippen LogP contribution in [0.2, 0.25) is 0 Å². The molecule has 0 spiro atoms. The van der Waals surface area contributed by atoms with Gasteiger partial charge in [-0.1, -0.05) is 5.21 Å². The van der Waals surface area contributed by atoms with Gasteiger partial charge >= 0.3 is 6.18 Å². The van der Waals surface area contributed by atoms with E-state index in [0.717, 1.165) is 23.2 Å². The molecule has 1 aliphatic carbocycles. The van der Waals surface area contributed by atoms with Crippen LogP contribution in [0.1, 0.15) is 30.3 Å². The highest BCUT2D eigenvalue weighted by atomic mass is 19.4. The molecule has 0 aliphatic heterocycles. The lowest BCUT2D eigenvalue weighted by molar-refractivity contribution is -0.143. The Balaban J connectivity index is 1.73. The van der Waals surface area contributed by atoms with Crippen LogP contribution in [0.4, 0.5) is 13.2 Å². The van der Waals surface area contributed by atoms with E-state index in [1.54, 1.807) is 6.20 Å². The van der Waals surface area contributed by atoms with Gasteiger partial charge in [0.15, 0.2) is 5.82 Å². The zero-order valence-electron chi connectivity index (χ0n) is 9.75. The first kappa shape index (κ1) is 12.1. The maximum Gasteiger partial charge on any atom is 0.408 e. The Kier molecular flexibility index (Phi) is 2.72. The molecule has 2 aromatic rings. The number of nitrogens with zero attached hydrogens (tertiary/aromatic N) is 7. The number of hydrogen-bond acceptors (Lipinski definition) is 5. The summed E-state index contributed by atoms with van der Waals surface area (Å²) in [5.41, 5.74) is 0.870. The minimum absolute atomic E-state index is 0.0722. The van der Waals surface area contributed by atoms with E-state index in [1.807, 2.05) is 0 Å². The van der Waals surface area contributed by atoms with E-state index in [4.69, 9.17) is 0 Å². The van der Waals surface area contributed by atoms with Gasteiger partial charge in [-0.15, -0.1) is 10.2 Å². The lowest BCUT2D eigenvalue weighted by Crippen LogP contribution is -2.21. The molecule has 0 saturated heterocycles. The van der Waals surface area contributed by atoms with E-state index in [0.29, 0.717) is 5.92 Å². The van der Waals surface area contributed by atoms with Gasteiger partial charge in [0.2, 0.25) is 0 Å². The van der Waals surface area contributed by atoms with Gasteiger partial charge in [0.1, 0.15) is 13.1 Å². The number of rotatable bonds is 4. The van der Waals surface area contributed by atoms with Crippen molar-refractivity contribution in [1.29, 1.82) is 0 Å². The molecule has 102 valence electrons. The maximum absolute atomic E-state index is 12.3. The third kappa shape index (κ3) is 2.88. The first-order valence-electron chi connectivity index (χ1n) is 5.73. The van der Waals surface area contributed by atoms with Crippen molar-refractivity contribution in [2.75, 3.05) is 0 Å². The number of tetrazole rings is 1. The SMILES string of the molecule is FC(F)(F)Cn1nnnc1Cn1cc(C2CC2)nn1. The van der Waals surface area contributed by atoms with Crippen molar-refractivity contribution >= 4 is 0 Å². The first-order chi connectivity index (χ1) is 9.01. The summed E-state index contributed by atoms with van der Waals surface area (Å²) in [4.78, 5) is 0. The number of halogens is 3. The van der Waals surface area contributed by atoms with Gasteiger partial charge in [-0.05, 0) is 23.3 Å². The van der Waals surface area contributed by atoms with E-state index in [1.165, 1.54) is 4.68 Å². The fraction of sp³-hybridized carbons (Fsp3) is 0.667. The third-order valence-corrected chi connectivity index (χ3v) is 2.79. The molecule has 2 heterocycles. The van der Waals surface area contributed by atoms with Gasteiger partial charge in [0, 0.05) is 12.1 Å². The Bertz CT molecular complexity index is 568. The van der Waals surface area contributed by atoms with Crippen LogP contribution < -0.4 is 0 Å². The summed E-state index contributed by atoms with van der Waals surface area (Å²) >= 11 is 0. The maximum atomic E-state index is 12.3. The predicted octanol–water partition coefficient (Wildman–Crippen LogP) is 0.753. The number of hydrogen-bond donors (Lipinski definition) is 0. The van der Waals surface area contributed by atoms with E-state index in [9.17, 15) is 13.2 Å². The average molecular weight is 273 g/mol. The standard InChI is InChI=1S/C9H10F3N7/c10-9(11,12)5-19-8(14-15-17-19)4-18-3-7(13-16-18)6-1-2-6/h3,6H,1-2,4-5H2. The summed E-state index contributed by atoms with van der Waals surface area (Å²) in [6.45, 7) is -1.14. The molecule has 0 bridgehead atoms. The summed E-state index contributed by atoms with van der Waals surface area (Å²) in [7, 11) is 0. The Morgan fingerprint density at radius 1 is 1.21 bits per heavy atom. The largest absolute Gasteiger partial charge is 0.408 e. The van der Waals surface area contributed by atoms with Crippen LogP contribution in [0, 0.1) is 0 Å². The summed E-state index contributed by atoms with van der Waals surface area (Å²) in [5, 5.41) is 18.0. The van der Waals surface area contributed by atoms with Crippen molar-refractivity contribution in [3.63, 3.8) is 0 Å². The zero-order valence-corrected chi connectivity index (χ0v) is 9.75. The summed E-state index contributed by atoms with van der Waals surface area (Å²) in [6, 6.07) is 0. The molecule has 3 rings (SSSR count). The zero-order chi connectivity index (χ0) is 13.5. The molecule has 7 nitrogen and oxygen atoms in total. The Labute approximate surface area is 105 Å². The van der Waals surface area contributed by atoms with Crippen LogP contribution in [0.5, 0.6) is 0 Å². The van der Waals surface area contributed by atoms with E-state index in [-0.39, 0.29) is 12.4 Å². The van der Waals surface area contributed by atoms with Crippen molar-refractivity contribution in [3.8, 4) is 0 Å². The Morgan fingerprint density at radius 3 is 2.68 bits per heavy atom. The molecule has 1 saturated carbocycles. The first-order valence-corrected chi connectivity index (χ1v) is 5.73. The second-order valence-electron chi connectivity index (χ2n) is 4.48. The van der Waals surface area contributed by atoms with Crippen molar-refractivity contribution in [2.45, 2.75) is 38.0 Å². The van der Waals surface area contributed by atoms with Gasteiger partial charge in [-0.3, -0.25) is 0 Å². The molecule has 10 heteroatoms. The minimum atomic E-state index is -4.36. The Morgan fingerprint density at radius 2 is 2.00 bits per heavy atom. The topological polar surface area (TPSA) is 74.3 Å². The fourth-order valence-electron chi connectivity index (χ4n) is 1.73. The monoisotopic (exact) mass is 273 g/mol. The molecule has 0 amide bonds. The van der Waals surface area contributed by atoms with E-state index in [2.05, 4.69) is 25.8 Å². The number of alkyl halides is 3. The van der Waals surface area contributed by atoms with Gasteiger partial charge in [-0.2, -0.15) is 13.2 Å². The molecule has 2 aromatic heterocycles. The van der Waals surface area contributed by atoms with E-state index >= 15 is 0 Å². The molecular formula is C9H10F3N7. The predicted molar refractivity (Wildman–Crippen MR) is 55.0 cm³/mol. The normalized spacial score (nSPS) is 15.9. The molecule has 0 radical (unpaired) electrons. The second-order valence-corrected chi connectivity index (χ2v) is 4.48. The highest BCUT2D eigenvalue weighted by Crippen LogP contribution is 2.38. The third-order valence-electron chi connectivity index (χ3n) is 2.79. The van der Waals surface area contributed by atoms with Crippen molar-refractivity contribution in [1.82, 2.24) is 35.2 Å². The second kappa shape index (κ2) is 4.28. The minimum Gasteiger partial charge on any atom is -0.245 e. The van der Waals surface area contributed by atoms with Crippen LogP contribution in [0.25, 0.3) is 0 Å². The van der Waals surface area contributed by atoms with Crippen LogP contribution >= 0.6 is 0 Å². The molecule has 0 N–H and O–H groups in total. The van der Waals surface area contributed by atoms with Crippen LogP contribution in [0.3, 0.4) is 0 Å². The highest BCUT2D eigenvalue weighted by Gasteiger charge is 2.30. The van der Waals surface area contributed by atoms with Gasteiger partial charge in [0.05, 0.1) is 5.69 Å². The molecule has 19 heavy (non-hydrogen) atoms. The molecule has 1 aliphatic rings. The highest BCUT2D eigenvalue weighted by molar-refractivity contribution is 5.09. The fourth-order valence-corrected chi connectivity index (χ4v) is 1.73. The molecular weight excluding hydrogens is 263 g/mol. The van der Waals surface area contributed by atoms with Gasteiger partial charge < -0.3 is 0 Å². The summed E-state index contributed by atoms with van der Waals surface area (Å²) in [5.74, 6) is 0.546. The van der Waals surface area contributed by atoms with Crippen molar-refractivity contribution in [2.24, 2.45) is 0 Å². The lowest BCUT2D eigenvalue weighted by atomic mass is 10.3. The Hall–Kier alpha value is -2.00. The molecule has 1 fully saturated rings. The summed E-state index contributed by atoms with van der Waals surface area (Å²) < 4.78 is 39.1. The number of aromatic nitrogens is 7. The smallest absolute Gasteiger partial charge is 0.245 e.